The Hall–Kier alpha value is -0.170. The molecule has 0 fully saturated rings. The van der Waals surface area contributed by atoms with Gasteiger partial charge in [0, 0.05) is 0 Å². The van der Waals surface area contributed by atoms with E-state index in [2.05, 4.69) is 6.92 Å². The summed E-state index contributed by atoms with van der Waals surface area (Å²) in [6.45, 7) is 2.19. The summed E-state index contributed by atoms with van der Waals surface area (Å²) in [6, 6.07) is 0. The minimum Gasteiger partial charge on any atom is -0.229 e. The van der Waals surface area contributed by atoms with E-state index in [1.807, 2.05) is 0 Å². The van der Waals surface area contributed by atoms with Crippen LogP contribution in [0.4, 0.5) is 3.89 Å². The lowest BCUT2D eigenvalue weighted by Gasteiger charge is -2.04. The van der Waals surface area contributed by atoms with Crippen molar-refractivity contribution in [1.82, 2.24) is 0 Å². The maximum atomic E-state index is 12.3. The Labute approximate surface area is 129 Å². The molecular weight excluding hydrogens is 315 g/mol. The molecule has 7 heteroatoms. The molecule has 0 rings (SSSR count). The zero-order valence-corrected chi connectivity index (χ0v) is 14.7. The molecule has 0 aromatic heterocycles. The van der Waals surface area contributed by atoms with Gasteiger partial charge in [-0.15, -0.1) is 3.89 Å². The Balaban J connectivity index is 3.49. The summed E-state index contributed by atoms with van der Waals surface area (Å²) in [6.07, 6.45) is 11.0. The fourth-order valence-corrected chi connectivity index (χ4v) is 4.80. The fraction of sp³-hybridized carbons (Fsp3) is 1.00. The molecule has 21 heavy (non-hydrogen) atoms. The van der Waals surface area contributed by atoms with E-state index in [9.17, 15) is 20.7 Å². The number of hydrogen-bond acceptors (Lipinski definition) is 4. The Morgan fingerprint density at radius 3 is 1.48 bits per heavy atom. The van der Waals surface area contributed by atoms with Crippen LogP contribution in [-0.4, -0.2) is 34.1 Å². The van der Waals surface area contributed by atoms with Crippen LogP contribution in [0.2, 0.25) is 0 Å². The zero-order chi connectivity index (χ0) is 16.2. The van der Waals surface area contributed by atoms with E-state index in [0.29, 0.717) is 6.42 Å². The SMILES string of the molecule is CCCCCCCCCCCCS(=O)(=O)CCS(=O)(=O)F. The van der Waals surface area contributed by atoms with Gasteiger partial charge in [0.15, 0.2) is 9.84 Å². The normalized spacial score (nSPS) is 12.7. The first kappa shape index (κ1) is 20.8. The second-order valence-electron chi connectivity index (χ2n) is 5.58. The minimum absolute atomic E-state index is 0.0426. The third-order valence-electron chi connectivity index (χ3n) is 3.45. The predicted octanol–water partition coefficient (Wildman–Crippen LogP) is 3.62. The van der Waals surface area contributed by atoms with Gasteiger partial charge < -0.3 is 0 Å². The molecule has 0 heterocycles. The number of unbranched alkanes of at least 4 members (excludes halogenated alkanes) is 9. The second kappa shape index (κ2) is 11.4. The zero-order valence-electron chi connectivity index (χ0n) is 13.0. The van der Waals surface area contributed by atoms with Crippen LogP contribution in [0.25, 0.3) is 0 Å². The molecule has 0 aromatic carbocycles. The first-order valence-electron chi connectivity index (χ1n) is 7.89. The minimum atomic E-state index is -4.69. The summed E-state index contributed by atoms with van der Waals surface area (Å²) in [5, 5.41) is 0. The van der Waals surface area contributed by atoms with Crippen LogP contribution in [-0.2, 0) is 20.1 Å². The van der Waals surface area contributed by atoms with Gasteiger partial charge in [-0.25, -0.2) is 8.42 Å². The second-order valence-corrected chi connectivity index (χ2v) is 9.37. The van der Waals surface area contributed by atoms with Crippen LogP contribution in [0.5, 0.6) is 0 Å². The lowest BCUT2D eigenvalue weighted by molar-refractivity contribution is 0.549. The van der Waals surface area contributed by atoms with Gasteiger partial charge in [-0.3, -0.25) is 0 Å². The molecule has 128 valence electrons. The molecule has 0 unspecified atom stereocenters. The fourth-order valence-electron chi connectivity index (χ4n) is 2.14. The molecule has 0 N–H and O–H groups in total. The molecule has 0 amide bonds. The predicted molar refractivity (Wildman–Crippen MR) is 85.4 cm³/mol. The van der Waals surface area contributed by atoms with Gasteiger partial charge in [0.25, 0.3) is 0 Å². The van der Waals surface area contributed by atoms with Gasteiger partial charge in [-0.2, -0.15) is 8.42 Å². The maximum Gasteiger partial charge on any atom is 0.303 e. The summed E-state index contributed by atoms with van der Waals surface area (Å²) >= 11 is 0. The van der Waals surface area contributed by atoms with Gasteiger partial charge in [-0.1, -0.05) is 64.7 Å². The Kier molecular flexibility index (Phi) is 11.3. The number of halogens is 1. The molecule has 0 aliphatic carbocycles. The quantitative estimate of drug-likeness (QED) is 0.356. The summed E-state index contributed by atoms with van der Waals surface area (Å²) in [7, 11) is -8.13. The highest BCUT2D eigenvalue weighted by Crippen LogP contribution is 2.11. The van der Waals surface area contributed by atoms with Crippen molar-refractivity contribution in [3.05, 3.63) is 0 Å². The number of sulfone groups is 1. The van der Waals surface area contributed by atoms with E-state index in [-0.39, 0.29) is 5.75 Å². The lowest BCUT2D eigenvalue weighted by Crippen LogP contribution is -2.17. The van der Waals surface area contributed by atoms with Gasteiger partial charge in [0.05, 0.1) is 17.3 Å². The van der Waals surface area contributed by atoms with E-state index >= 15 is 0 Å². The van der Waals surface area contributed by atoms with Crippen molar-refractivity contribution in [1.29, 1.82) is 0 Å². The van der Waals surface area contributed by atoms with E-state index in [1.165, 1.54) is 38.5 Å². The average Bonchev–Trinajstić information content (AvgIpc) is 2.38. The van der Waals surface area contributed by atoms with Crippen molar-refractivity contribution >= 4 is 20.1 Å². The standard InChI is InChI=1S/C14H29FO4S2/c1-2-3-4-5-6-7-8-9-10-11-12-20(16,17)13-14-21(15,18)19/h2-14H2,1H3. The number of rotatable bonds is 14. The van der Waals surface area contributed by atoms with Crippen LogP contribution in [0, 0.1) is 0 Å². The molecule has 0 aliphatic heterocycles. The Morgan fingerprint density at radius 1 is 0.619 bits per heavy atom. The molecule has 4 nitrogen and oxygen atoms in total. The van der Waals surface area contributed by atoms with Crippen LogP contribution in [0.1, 0.15) is 71.1 Å². The summed E-state index contributed by atoms with van der Waals surface area (Å²) in [5.41, 5.74) is 0. The molecular formula is C14H29FO4S2. The molecule has 0 radical (unpaired) electrons. The highest BCUT2D eigenvalue weighted by atomic mass is 32.3. The average molecular weight is 345 g/mol. The summed E-state index contributed by atoms with van der Waals surface area (Å²) in [4.78, 5) is 0. The van der Waals surface area contributed by atoms with E-state index in [0.717, 1.165) is 19.3 Å². The van der Waals surface area contributed by atoms with Crippen molar-refractivity contribution in [2.45, 2.75) is 71.1 Å². The molecule has 0 spiro atoms. The van der Waals surface area contributed by atoms with Crippen molar-refractivity contribution in [2.24, 2.45) is 0 Å². The summed E-state index contributed by atoms with van der Waals surface area (Å²) in [5.74, 6) is -1.57. The molecule has 0 saturated carbocycles. The lowest BCUT2D eigenvalue weighted by atomic mass is 10.1. The van der Waals surface area contributed by atoms with Crippen LogP contribution in [0.15, 0.2) is 0 Å². The van der Waals surface area contributed by atoms with E-state index < -0.39 is 31.6 Å². The van der Waals surface area contributed by atoms with E-state index in [1.54, 1.807) is 0 Å². The monoisotopic (exact) mass is 344 g/mol. The van der Waals surface area contributed by atoms with Crippen molar-refractivity contribution in [3.8, 4) is 0 Å². The van der Waals surface area contributed by atoms with Gasteiger partial charge >= 0.3 is 10.2 Å². The third kappa shape index (κ3) is 16.0. The third-order valence-corrected chi connectivity index (χ3v) is 6.13. The highest BCUT2D eigenvalue weighted by Gasteiger charge is 2.16. The molecule has 0 atom stereocenters. The smallest absolute Gasteiger partial charge is 0.229 e. The first-order chi connectivity index (χ1) is 9.77. The molecule has 0 aromatic rings. The molecule has 0 bridgehead atoms. The van der Waals surface area contributed by atoms with Crippen molar-refractivity contribution < 1.29 is 20.7 Å². The highest BCUT2D eigenvalue weighted by molar-refractivity contribution is 7.93. The molecule has 0 aliphatic rings. The van der Waals surface area contributed by atoms with Gasteiger partial charge in [0.2, 0.25) is 0 Å². The molecule has 0 saturated heterocycles. The van der Waals surface area contributed by atoms with Crippen molar-refractivity contribution in [2.75, 3.05) is 17.3 Å². The number of hydrogen-bond donors (Lipinski definition) is 0. The first-order valence-corrected chi connectivity index (χ1v) is 11.3. The largest absolute Gasteiger partial charge is 0.303 e. The van der Waals surface area contributed by atoms with Crippen LogP contribution in [0.3, 0.4) is 0 Å². The van der Waals surface area contributed by atoms with Crippen molar-refractivity contribution in [3.63, 3.8) is 0 Å². The Morgan fingerprint density at radius 2 is 1.05 bits per heavy atom. The topological polar surface area (TPSA) is 68.3 Å². The van der Waals surface area contributed by atoms with Gasteiger partial charge in [0.1, 0.15) is 0 Å². The Bertz CT molecular complexity index is 444. The van der Waals surface area contributed by atoms with E-state index in [4.69, 9.17) is 0 Å². The summed E-state index contributed by atoms with van der Waals surface area (Å²) < 4.78 is 55.8. The van der Waals surface area contributed by atoms with Crippen LogP contribution < -0.4 is 0 Å². The maximum absolute atomic E-state index is 12.3. The van der Waals surface area contributed by atoms with Crippen LogP contribution >= 0.6 is 0 Å². The van der Waals surface area contributed by atoms with Gasteiger partial charge in [-0.05, 0) is 6.42 Å².